The Labute approximate surface area is 92.0 Å². The van der Waals surface area contributed by atoms with Crippen LogP contribution in [0.2, 0.25) is 0 Å². The second kappa shape index (κ2) is 4.52. The number of carboxylic acid groups (broad SMARTS) is 1. The van der Waals surface area contributed by atoms with Crippen LogP contribution in [0.4, 0.5) is 8.78 Å². The smallest absolute Gasteiger partial charge is 0.336 e. The first-order chi connectivity index (χ1) is 6.97. The normalized spacial score (nSPS) is 10.5. The number of carboxylic acids is 1. The predicted molar refractivity (Wildman–Crippen MR) is 50.4 cm³/mol. The molecular formula is C8H6BrF2NO3. The van der Waals surface area contributed by atoms with E-state index in [0.29, 0.717) is 0 Å². The second-order valence-corrected chi connectivity index (χ2v) is 3.33. The molecule has 0 unspecified atom stereocenters. The zero-order chi connectivity index (χ0) is 11.6. The van der Waals surface area contributed by atoms with E-state index in [2.05, 4.69) is 25.7 Å². The Balaban J connectivity index is 3.47. The van der Waals surface area contributed by atoms with Gasteiger partial charge in [0.15, 0.2) is 0 Å². The Hall–Kier alpha value is -1.24. The van der Waals surface area contributed by atoms with Crippen LogP contribution in [-0.4, -0.2) is 23.2 Å². The van der Waals surface area contributed by atoms with E-state index in [1.165, 1.54) is 0 Å². The first kappa shape index (κ1) is 11.8. The van der Waals surface area contributed by atoms with Gasteiger partial charge in [-0.3, -0.25) is 0 Å². The summed E-state index contributed by atoms with van der Waals surface area (Å²) in [6.45, 7) is 0. The van der Waals surface area contributed by atoms with Crippen LogP contribution < -0.4 is 4.74 Å². The minimum absolute atomic E-state index is 0.126. The molecule has 0 saturated carbocycles. The van der Waals surface area contributed by atoms with E-state index >= 15 is 0 Å². The van der Waals surface area contributed by atoms with E-state index in [4.69, 9.17) is 5.11 Å². The average Bonchev–Trinajstić information content (AvgIpc) is 2.15. The van der Waals surface area contributed by atoms with Gasteiger partial charge < -0.3 is 9.84 Å². The van der Waals surface area contributed by atoms with Crippen LogP contribution in [-0.2, 0) is 0 Å². The van der Waals surface area contributed by atoms with Gasteiger partial charge in [0.1, 0.15) is 4.60 Å². The third-order valence-corrected chi connectivity index (χ3v) is 2.04. The lowest BCUT2D eigenvalue weighted by atomic mass is 10.1. The Kier molecular flexibility index (Phi) is 3.57. The van der Waals surface area contributed by atoms with E-state index in [9.17, 15) is 13.6 Å². The number of pyridine rings is 1. The number of carbonyl (C=O) groups is 1. The maximum Gasteiger partial charge on any atom is 0.336 e. The minimum Gasteiger partial charge on any atom is -0.481 e. The van der Waals surface area contributed by atoms with Crippen LogP contribution in [0.3, 0.4) is 0 Å². The van der Waals surface area contributed by atoms with Crippen LogP contribution in [0.5, 0.6) is 5.88 Å². The number of methoxy groups -OCH3 is 1. The van der Waals surface area contributed by atoms with Crippen molar-refractivity contribution in [3.63, 3.8) is 0 Å². The fourth-order valence-corrected chi connectivity index (χ4v) is 1.43. The zero-order valence-corrected chi connectivity index (χ0v) is 9.09. The SMILES string of the molecule is COc1nc(Br)cc(C(=O)O)c1C(F)F. The second-order valence-electron chi connectivity index (χ2n) is 2.52. The topological polar surface area (TPSA) is 59.4 Å². The molecule has 0 aliphatic heterocycles. The van der Waals surface area contributed by atoms with E-state index < -0.39 is 29.4 Å². The van der Waals surface area contributed by atoms with Gasteiger partial charge in [0.2, 0.25) is 5.88 Å². The minimum atomic E-state index is -2.95. The molecule has 0 bridgehead atoms. The number of aromatic carboxylic acids is 1. The first-order valence-electron chi connectivity index (χ1n) is 3.73. The summed E-state index contributed by atoms with van der Waals surface area (Å²) in [4.78, 5) is 14.3. The largest absolute Gasteiger partial charge is 0.481 e. The fourth-order valence-electron chi connectivity index (χ4n) is 1.04. The van der Waals surface area contributed by atoms with Gasteiger partial charge in [-0.25, -0.2) is 18.6 Å². The number of halogens is 3. The number of ether oxygens (including phenoxy) is 1. The van der Waals surface area contributed by atoms with Gasteiger partial charge in [-0.2, -0.15) is 0 Å². The molecule has 0 aliphatic carbocycles. The Morgan fingerprint density at radius 1 is 1.67 bits per heavy atom. The summed E-state index contributed by atoms with van der Waals surface area (Å²) in [5, 5.41) is 8.72. The van der Waals surface area contributed by atoms with Gasteiger partial charge in [0, 0.05) is 0 Å². The Morgan fingerprint density at radius 3 is 2.67 bits per heavy atom. The Bertz CT molecular complexity index is 398. The van der Waals surface area contributed by atoms with Crippen molar-refractivity contribution in [3.05, 3.63) is 21.8 Å². The lowest BCUT2D eigenvalue weighted by Crippen LogP contribution is -2.07. The van der Waals surface area contributed by atoms with Gasteiger partial charge in [0.25, 0.3) is 6.43 Å². The first-order valence-corrected chi connectivity index (χ1v) is 4.52. The van der Waals surface area contributed by atoms with Crippen LogP contribution in [0.25, 0.3) is 0 Å². The molecule has 1 aromatic rings. The van der Waals surface area contributed by atoms with E-state index in [-0.39, 0.29) is 4.60 Å². The van der Waals surface area contributed by atoms with Gasteiger partial charge in [-0.15, -0.1) is 0 Å². The van der Waals surface area contributed by atoms with Crippen molar-refractivity contribution in [2.45, 2.75) is 6.43 Å². The maximum absolute atomic E-state index is 12.6. The molecule has 0 saturated heterocycles. The zero-order valence-electron chi connectivity index (χ0n) is 7.50. The van der Waals surface area contributed by atoms with Gasteiger partial charge in [-0.05, 0) is 22.0 Å². The van der Waals surface area contributed by atoms with Crippen molar-refractivity contribution in [1.29, 1.82) is 0 Å². The molecule has 1 aromatic heterocycles. The van der Waals surface area contributed by atoms with Crippen LogP contribution in [0.15, 0.2) is 10.7 Å². The summed E-state index contributed by atoms with van der Waals surface area (Å²) in [5.41, 5.74) is -1.24. The molecule has 82 valence electrons. The molecule has 7 heteroatoms. The average molecular weight is 282 g/mol. The lowest BCUT2D eigenvalue weighted by molar-refractivity contribution is 0.0682. The third kappa shape index (κ3) is 2.41. The van der Waals surface area contributed by atoms with Crippen molar-refractivity contribution in [1.82, 2.24) is 4.98 Å². The fraction of sp³-hybridized carbons (Fsp3) is 0.250. The monoisotopic (exact) mass is 281 g/mol. The molecule has 0 aliphatic rings. The summed E-state index contributed by atoms with van der Waals surface area (Å²) in [6.07, 6.45) is -2.95. The summed E-state index contributed by atoms with van der Waals surface area (Å²) >= 11 is 2.91. The quantitative estimate of drug-likeness (QED) is 0.865. The lowest BCUT2D eigenvalue weighted by Gasteiger charge is -2.09. The van der Waals surface area contributed by atoms with Crippen molar-refractivity contribution >= 4 is 21.9 Å². The van der Waals surface area contributed by atoms with Crippen molar-refractivity contribution < 1.29 is 23.4 Å². The highest BCUT2D eigenvalue weighted by molar-refractivity contribution is 9.10. The number of alkyl halides is 2. The van der Waals surface area contributed by atoms with Gasteiger partial charge in [-0.1, -0.05) is 0 Å². The van der Waals surface area contributed by atoms with Gasteiger partial charge in [0.05, 0.1) is 18.2 Å². The highest BCUT2D eigenvalue weighted by atomic mass is 79.9. The van der Waals surface area contributed by atoms with E-state index in [0.717, 1.165) is 13.2 Å². The maximum atomic E-state index is 12.6. The van der Waals surface area contributed by atoms with Crippen molar-refractivity contribution in [3.8, 4) is 5.88 Å². The number of aromatic nitrogens is 1. The van der Waals surface area contributed by atoms with E-state index in [1.54, 1.807) is 0 Å². The molecule has 1 N–H and O–H groups in total. The van der Waals surface area contributed by atoms with Gasteiger partial charge >= 0.3 is 5.97 Å². The molecule has 1 rings (SSSR count). The number of hydrogen-bond acceptors (Lipinski definition) is 3. The molecule has 15 heavy (non-hydrogen) atoms. The van der Waals surface area contributed by atoms with Crippen molar-refractivity contribution in [2.24, 2.45) is 0 Å². The Morgan fingerprint density at radius 2 is 2.27 bits per heavy atom. The highest BCUT2D eigenvalue weighted by Gasteiger charge is 2.24. The number of nitrogens with zero attached hydrogens (tertiary/aromatic N) is 1. The van der Waals surface area contributed by atoms with Crippen molar-refractivity contribution in [2.75, 3.05) is 7.11 Å². The molecule has 0 fully saturated rings. The standard InChI is InChI=1S/C8H6BrF2NO3/c1-15-7-5(6(10)11)3(8(13)14)2-4(9)12-7/h2,6H,1H3,(H,13,14). The van der Waals surface area contributed by atoms with E-state index in [1.807, 2.05) is 0 Å². The molecule has 0 amide bonds. The summed E-state index contributed by atoms with van der Waals surface area (Å²) in [7, 11) is 1.15. The molecule has 0 atom stereocenters. The van der Waals surface area contributed by atoms with Crippen LogP contribution in [0, 0.1) is 0 Å². The number of rotatable bonds is 3. The summed E-state index contributed by atoms with van der Waals surface area (Å²) in [5.74, 6) is -1.84. The molecule has 0 radical (unpaired) electrons. The molecule has 1 heterocycles. The molecule has 0 aromatic carbocycles. The predicted octanol–water partition coefficient (Wildman–Crippen LogP) is 2.49. The van der Waals surface area contributed by atoms with Crippen LogP contribution in [0.1, 0.15) is 22.3 Å². The summed E-state index contributed by atoms with van der Waals surface area (Å²) in [6, 6.07) is 1.01. The number of hydrogen-bond donors (Lipinski definition) is 1. The summed E-state index contributed by atoms with van der Waals surface area (Å²) < 4.78 is 29.9. The molecule has 4 nitrogen and oxygen atoms in total. The molecule has 0 spiro atoms. The third-order valence-electron chi connectivity index (χ3n) is 1.63. The van der Waals surface area contributed by atoms with Crippen LogP contribution >= 0.6 is 15.9 Å². The highest BCUT2D eigenvalue weighted by Crippen LogP contribution is 2.32. The molecular weight excluding hydrogens is 276 g/mol.